The summed E-state index contributed by atoms with van der Waals surface area (Å²) in [5.74, 6) is -0.350. The Kier molecular flexibility index (Phi) is 4.27. The quantitative estimate of drug-likeness (QED) is 0.868. The Morgan fingerprint density at radius 3 is 2.65 bits per heavy atom. The second-order valence-electron chi connectivity index (χ2n) is 5.25. The van der Waals surface area contributed by atoms with Crippen LogP contribution in [-0.2, 0) is 0 Å². The molecule has 1 fully saturated rings. The predicted molar refractivity (Wildman–Crippen MR) is 77.1 cm³/mol. The maximum atomic E-state index is 12.1. The van der Waals surface area contributed by atoms with Gasteiger partial charge in [-0.15, -0.1) is 0 Å². The Hall–Kier alpha value is -2.04. The summed E-state index contributed by atoms with van der Waals surface area (Å²) < 4.78 is 0. The number of nitrogens with one attached hydrogen (secondary N) is 1. The summed E-state index contributed by atoms with van der Waals surface area (Å²) in [6.07, 6.45) is 2.38. The smallest absolute Gasteiger partial charge is 0.336 e. The minimum absolute atomic E-state index is 0.167. The number of hydrogen-bond donors (Lipinski definition) is 2. The van der Waals surface area contributed by atoms with E-state index < -0.39 is 5.97 Å². The maximum absolute atomic E-state index is 12.1. The first-order valence-corrected chi connectivity index (χ1v) is 6.91. The monoisotopic (exact) mass is 276 g/mol. The summed E-state index contributed by atoms with van der Waals surface area (Å²) in [6, 6.07) is 4.76. The molecule has 0 aliphatic heterocycles. The average molecular weight is 276 g/mol. The third-order valence-corrected chi connectivity index (χ3v) is 3.56. The number of carbonyl (C=O) groups excluding carboxylic acids is 1. The molecule has 0 spiro atoms. The lowest BCUT2D eigenvalue weighted by Gasteiger charge is -2.21. The number of aryl methyl sites for hydroxylation is 1. The first-order chi connectivity index (χ1) is 9.51. The van der Waals surface area contributed by atoms with E-state index in [2.05, 4.69) is 5.32 Å². The molecule has 2 rings (SSSR count). The van der Waals surface area contributed by atoms with Crippen LogP contribution in [0.15, 0.2) is 18.2 Å². The minimum Gasteiger partial charge on any atom is -0.478 e. The summed E-state index contributed by atoms with van der Waals surface area (Å²) in [5.41, 5.74) is 1.42. The van der Waals surface area contributed by atoms with Crippen molar-refractivity contribution in [2.45, 2.75) is 26.7 Å². The zero-order chi connectivity index (χ0) is 14.7. The van der Waals surface area contributed by atoms with Crippen LogP contribution >= 0.6 is 0 Å². The molecule has 2 N–H and O–H groups in total. The molecule has 0 saturated heterocycles. The van der Waals surface area contributed by atoms with E-state index in [0.29, 0.717) is 23.7 Å². The van der Waals surface area contributed by atoms with Gasteiger partial charge in [-0.25, -0.2) is 9.59 Å². The number of anilines is 1. The predicted octanol–water partition coefficient (Wildman–Crippen LogP) is 2.96. The van der Waals surface area contributed by atoms with Gasteiger partial charge in [-0.05, 0) is 50.3 Å². The maximum Gasteiger partial charge on any atom is 0.336 e. The summed E-state index contributed by atoms with van der Waals surface area (Å²) in [6.45, 7) is 5.11. The molecule has 20 heavy (non-hydrogen) atoms. The average Bonchev–Trinajstić information content (AvgIpc) is 3.21. The van der Waals surface area contributed by atoms with Crippen LogP contribution < -0.4 is 5.32 Å². The van der Waals surface area contributed by atoms with Crippen LogP contribution in [-0.4, -0.2) is 35.1 Å². The van der Waals surface area contributed by atoms with Crippen molar-refractivity contribution >= 4 is 17.7 Å². The Bertz CT molecular complexity index is 524. The number of nitrogens with zero attached hydrogens (tertiary/aromatic N) is 1. The first-order valence-electron chi connectivity index (χ1n) is 6.91. The number of carbonyl (C=O) groups is 2. The Morgan fingerprint density at radius 2 is 2.10 bits per heavy atom. The lowest BCUT2D eigenvalue weighted by molar-refractivity contribution is 0.0696. The first kappa shape index (κ1) is 14.4. The van der Waals surface area contributed by atoms with E-state index in [1.165, 1.54) is 18.9 Å². The molecule has 5 nitrogen and oxygen atoms in total. The standard InChI is InChI=1S/C15H20N2O3/c1-3-17(9-11-5-6-11)15(20)16-12-7-4-10(2)13(8-12)14(18)19/h4,7-8,11H,3,5-6,9H2,1-2H3,(H,16,20)(H,18,19). The largest absolute Gasteiger partial charge is 0.478 e. The number of carboxylic acids is 1. The summed E-state index contributed by atoms with van der Waals surface area (Å²) >= 11 is 0. The van der Waals surface area contributed by atoms with Gasteiger partial charge in [-0.1, -0.05) is 6.07 Å². The third-order valence-electron chi connectivity index (χ3n) is 3.56. The zero-order valence-corrected chi connectivity index (χ0v) is 11.8. The van der Waals surface area contributed by atoms with Gasteiger partial charge in [0.1, 0.15) is 0 Å². The summed E-state index contributed by atoms with van der Waals surface area (Å²) in [4.78, 5) is 25.0. The number of urea groups is 1. The van der Waals surface area contributed by atoms with Crippen LogP contribution in [0.25, 0.3) is 0 Å². The van der Waals surface area contributed by atoms with Crippen LogP contribution in [0, 0.1) is 12.8 Å². The molecule has 0 aromatic heterocycles. The Labute approximate surface area is 118 Å². The highest BCUT2D eigenvalue weighted by atomic mass is 16.4. The number of benzene rings is 1. The van der Waals surface area contributed by atoms with Gasteiger partial charge >= 0.3 is 12.0 Å². The highest BCUT2D eigenvalue weighted by Crippen LogP contribution is 2.29. The van der Waals surface area contributed by atoms with Crippen LogP contribution in [0.4, 0.5) is 10.5 Å². The van der Waals surface area contributed by atoms with Crippen LogP contribution in [0.5, 0.6) is 0 Å². The molecule has 0 heterocycles. The molecule has 1 aliphatic carbocycles. The van der Waals surface area contributed by atoms with Crippen molar-refractivity contribution in [2.75, 3.05) is 18.4 Å². The molecule has 0 radical (unpaired) electrons. The summed E-state index contributed by atoms with van der Waals surface area (Å²) in [5, 5.41) is 11.9. The molecule has 1 aromatic rings. The fraction of sp³-hybridized carbons (Fsp3) is 0.467. The van der Waals surface area contributed by atoms with Crippen LogP contribution in [0.1, 0.15) is 35.7 Å². The topological polar surface area (TPSA) is 69.6 Å². The van der Waals surface area contributed by atoms with Gasteiger partial charge < -0.3 is 15.3 Å². The van der Waals surface area contributed by atoms with E-state index >= 15 is 0 Å². The number of hydrogen-bond acceptors (Lipinski definition) is 2. The molecule has 0 unspecified atom stereocenters. The molecule has 0 atom stereocenters. The second kappa shape index (κ2) is 5.94. The minimum atomic E-state index is -0.982. The van der Waals surface area contributed by atoms with Gasteiger partial charge in [-0.2, -0.15) is 0 Å². The van der Waals surface area contributed by atoms with Crippen molar-refractivity contribution in [3.8, 4) is 0 Å². The molecule has 1 saturated carbocycles. The second-order valence-corrected chi connectivity index (χ2v) is 5.25. The number of amides is 2. The van der Waals surface area contributed by atoms with Crippen molar-refractivity contribution in [3.05, 3.63) is 29.3 Å². The van der Waals surface area contributed by atoms with Gasteiger partial charge in [0, 0.05) is 18.8 Å². The fourth-order valence-electron chi connectivity index (χ4n) is 2.10. The number of rotatable bonds is 5. The molecule has 1 aromatic carbocycles. The zero-order valence-electron chi connectivity index (χ0n) is 11.8. The van der Waals surface area contributed by atoms with Crippen molar-refractivity contribution in [1.29, 1.82) is 0 Å². The fourth-order valence-corrected chi connectivity index (χ4v) is 2.10. The Balaban J connectivity index is 2.06. The number of carboxylic acid groups (broad SMARTS) is 1. The van der Waals surface area contributed by atoms with Crippen molar-refractivity contribution < 1.29 is 14.7 Å². The van der Waals surface area contributed by atoms with Crippen LogP contribution in [0.2, 0.25) is 0 Å². The molecule has 2 amide bonds. The van der Waals surface area contributed by atoms with Gasteiger partial charge in [-0.3, -0.25) is 0 Å². The van der Waals surface area contributed by atoms with E-state index in [0.717, 1.165) is 6.54 Å². The molecule has 5 heteroatoms. The lowest BCUT2D eigenvalue weighted by Crippen LogP contribution is -2.36. The lowest BCUT2D eigenvalue weighted by atomic mass is 10.1. The van der Waals surface area contributed by atoms with E-state index in [9.17, 15) is 9.59 Å². The highest BCUT2D eigenvalue weighted by molar-refractivity contribution is 5.94. The van der Waals surface area contributed by atoms with Gasteiger partial charge in [0.15, 0.2) is 0 Å². The van der Waals surface area contributed by atoms with Crippen molar-refractivity contribution in [1.82, 2.24) is 4.90 Å². The molecule has 0 bridgehead atoms. The van der Waals surface area contributed by atoms with Crippen LogP contribution in [0.3, 0.4) is 0 Å². The third kappa shape index (κ3) is 3.50. The van der Waals surface area contributed by atoms with E-state index in [-0.39, 0.29) is 11.6 Å². The molecule has 108 valence electrons. The SMILES string of the molecule is CCN(CC1CC1)C(=O)Nc1ccc(C)c(C(=O)O)c1. The summed E-state index contributed by atoms with van der Waals surface area (Å²) in [7, 11) is 0. The number of aromatic carboxylic acids is 1. The Morgan fingerprint density at radius 1 is 1.40 bits per heavy atom. The van der Waals surface area contributed by atoms with Gasteiger partial charge in [0.05, 0.1) is 5.56 Å². The van der Waals surface area contributed by atoms with Crippen molar-refractivity contribution in [3.63, 3.8) is 0 Å². The highest BCUT2D eigenvalue weighted by Gasteiger charge is 2.26. The molecular weight excluding hydrogens is 256 g/mol. The molecule has 1 aliphatic rings. The van der Waals surface area contributed by atoms with E-state index in [1.54, 1.807) is 24.0 Å². The molecular formula is C15H20N2O3. The van der Waals surface area contributed by atoms with E-state index in [4.69, 9.17) is 5.11 Å². The normalized spacial score (nSPS) is 13.9. The van der Waals surface area contributed by atoms with Gasteiger partial charge in [0.25, 0.3) is 0 Å². The van der Waals surface area contributed by atoms with Crippen molar-refractivity contribution in [2.24, 2.45) is 5.92 Å². The van der Waals surface area contributed by atoms with Gasteiger partial charge in [0.2, 0.25) is 0 Å². The van der Waals surface area contributed by atoms with E-state index in [1.807, 2.05) is 6.92 Å².